The van der Waals surface area contributed by atoms with Crippen molar-refractivity contribution in [3.63, 3.8) is 0 Å². The van der Waals surface area contributed by atoms with Crippen molar-refractivity contribution in [2.45, 2.75) is 13.0 Å². The fourth-order valence-electron chi connectivity index (χ4n) is 2.84. The van der Waals surface area contributed by atoms with Gasteiger partial charge >= 0.3 is 0 Å². The van der Waals surface area contributed by atoms with E-state index in [9.17, 15) is 4.39 Å². The van der Waals surface area contributed by atoms with E-state index in [1.165, 1.54) is 16.0 Å². The van der Waals surface area contributed by atoms with E-state index in [2.05, 4.69) is 27.4 Å². The number of benzene rings is 1. The lowest BCUT2D eigenvalue weighted by Gasteiger charge is -2.31. The number of hydrogen-bond acceptors (Lipinski definition) is 3. The minimum atomic E-state index is -0.137. The van der Waals surface area contributed by atoms with Crippen LogP contribution in [0.1, 0.15) is 11.1 Å². The summed E-state index contributed by atoms with van der Waals surface area (Å²) in [5.74, 6) is -0.137. The van der Waals surface area contributed by atoms with Crippen LogP contribution in [-0.2, 0) is 13.0 Å². The van der Waals surface area contributed by atoms with Crippen LogP contribution in [-0.4, -0.2) is 11.5 Å². The summed E-state index contributed by atoms with van der Waals surface area (Å²) in [5.41, 5.74) is 4.65. The lowest BCUT2D eigenvalue weighted by Crippen LogP contribution is -2.30. The summed E-state index contributed by atoms with van der Waals surface area (Å²) >= 11 is 1.73. The van der Waals surface area contributed by atoms with Crippen molar-refractivity contribution in [3.05, 3.63) is 58.9 Å². The lowest BCUT2D eigenvalue weighted by atomic mass is 9.99. The van der Waals surface area contributed by atoms with E-state index in [-0.39, 0.29) is 5.82 Å². The first-order valence-corrected chi connectivity index (χ1v) is 7.54. The number of anilines is 1. The molecule has 4 heteroatoms. The molecule has 1 aliphatic rings. The van der Waals surface area contributed by atoms with Crippen molar-refractivity contribution in [2.24, 2.45) is 0 Å². The molecule has 1 aliphatic heterocycles. The predicted octanol–water partition coefficient (Wildman–Crippen LogP) is 4.00. The Morgan fingerprint density at radius 1 is 1.15 bits per heavy atom. The van der Waals surface area contributed by atoms with Gasteiger partial charge in [-0.3, -0.25) is 4.98 Å². The highest BCUT2D eigenvalue weighted by Gasteiger charge is 2.19. The van der Waals surface area contributed by atoms with E-state index >= 15 is 0 Å². The molecule has 0 saturated heterocycles. The summed E-state index contributed by atoms with van der Waals surface area (Å²) in [7, 11) is 0. The molecule has 0 N–H and O–H groups in total. The second-order valence-corrected chi connectivity index (χ2v) is 5.97. The maximum Gasteiger partial charge on any atom is 0.123 e. The summed E-state index contributed by atoms with van der Waals surface area (Å²) < 4.78 is 14.5. The highest BCUT2D eigenvalue weighted by Crippen LogP contribution is 2.33. The van der Waals surface area contributed by atoms with Gasteiger partial charge in [-0.05, 0) is 47.2 Å². The van der Waals surface area contributed by atoms with E-state index < -0.39 is 0 Å². The third-order valence-electron chi connectivity index (χ3n) is 3.84. The van der Waals surface area contributed by atoms with Crippen molar-refractivity contribution in [1.82, 2.24) is 4.98 Å². The molecule has 0 aliphatic carbocycles. The molecule has 4 rings (SSSR count). The van der Waals surface area contributed by atoms with E-state index in [0.29, 0.717) is 0 Å². The zero-order chi connectivity index (χ0) is 13.5. The zero-order valence-corrected chi connectivity index (χ0v) is 11.7. The fraction of sp³-hybridized carbons (Fsp3) is 0.188. The van der Waals surface area contributed by atoms with E-state index in [4.69, 9.17) is 0 Å². The molecular weight excluding hydrogens is 271 g/mol. The average Bonchev–Trinajstić information content (AvgIpc) is 2.95. The van der Waals surface area contributed by atoms with Crippen LogP contribution in [0.2, 0.25) is 0 Å². The SMILES string of the molecule is Fc1ccc2c(c1)CCN(c1ccnc3ccsc13)C2. The van der Waals surface area contributed by atoms with Crippen molar-refractivity contribution in [1.29, 1.82) is 0 Å². The first kappa shape index (κ1) is 11.9. The van der Waals surface area contributed by atoms with Crippen molar-refractivity contribution in [3.8, 4) is 0 Å². The Balaban J connectivity index is 1.74. The molecule has 2 aromatic heterocycles. The smallest absolute Gasteiger partial charge is 0.123 e. The van der Waals surface area contributed by atoms with Crippen molar-refractivity contribution >= 4 is 27.2 Å². The maximum atomic E-state index is 13.3. The fourth-order valence-corrected chi connectivity index (χ4v) is 3.73. The molecule has 3 aromatic rings. The van der Waals surface area contributed by atoms with Gasteiger partial charge in [-0.25, -0.2) is 4.39 Å². The normalized spacial score (nSPS) is 14.6. The van der Waals surface area contributed by atoms with Crippen LogP contribution in [0.4, 0.5) is 10.1 Å². The molecule has 0 saturated carbocycles. The van der Waals surface area contributed by atoms with E-state index in [1.54, 1.807) is 23.5 Å². The first-order chi connectivity index (χ1) is 9.81. The van der Waals surface area contributed by atoms with Crippen molar-refractivity contribution < 1.29 is 4.39 Å². The molecule has 3 heterocycles. The average molecular weight is 284 g/mol. The second-order valence-electron chi connectivity index (χ2n) is 5.05. The standard InChI is InChI=1S/C16H13FN2S/c17-13-2-1-12-10-19(7-4-11(12)9-13)15-3-6-18-14-5-8-20-16(14)15/h1-3,5-6,8-9H,4,7,10H2. The summed E-state index contributed by atoms with van der Waals surface area (Å²) in [6.45, 7) is 1.76. The van der Waals surface area contributed by atoms with Crippen LogP contribution in [0.5, 0.6) is 0 Å². The molecule has 0 fully saturated rings. The Morgan fingerprint density at radius 3 is 3.05 bits per heavy atom. The Hall–Kier alpha value is -1.94. The Labute approximate surface area is 120 Å². The summed E-state index contributed by atoms with van der Waals surface area (Å²) in [4.78, 5) is 6.75. The minimum Gasteiger partial charge on any atom is -0.366 e. The summed E-state index contributed by atoms with van der Waals surface area (Å²) in [5, 5.41) is 2.08. The molecule has 1 aromatic carbocycles. The number of nitrogens with zero attached hydrogens (tertiary/aromatic N) is 2. The minimum absolute atomic E-state index is 0.137. The van der Waals surface area contributed by atoms with Gasteiger partial charge in [0.15, 0.2) is 0 Å². The van der Waals surface area contributed by atoms with Gasteiger partial charge in [0.2, 0.25) is 0 Å². The number of hydrogen-bond donors (Lipinski definition) is 0. The number of rotatable bonds is 1. The van der Waals surface area contributed by atoms with Crippen LogP contribution in [0.25, 0.3) is 10.2 Å². The van der Waals surface area contributed by atoms with E-state index in [1.807, 2.05) is 12.3 Å². The largest absolute Gasteiger partial charge is 0.366 e. The third kappa shape index (κ3) is 1.88. The van der Waals surface area contributed by atoms with Crippen molar-refractivity contribution in [2.75, 3.05) is 11.4 Å². The van der Waals surface area contributed by atoms with Crippen LogP contribution in [0.3, 0.4) is 0 Å². The molecule has 0 spiro atoms. The number of halogens is 1. The Morgan fingerprint density at radius 2 is 2.10 bits per heavy atom. The second kappa shape index (κ2) is 4.56. The molecule has 100 valence electrons. The molecular formula is C16H13FN2S. The molecule has 20 heavy (non-hydrogen) atoms. The molecule has 2 nitrogen and oxygen atoms in total. The zero-order valence-electron chi connectivity index (χ0n) is 10.8. The summed E-state index contributed by atoms with van der Waals surface area (Å²) in [6, 6.07) is 9.25. The van der Waals surface area contributed by atoms with Crippen LogP contribution >= 0.6 is 11.3 Å². The van der Waals surface area contributed by atoms with Crippen LogP contribution in [0, 0.1) is 5.82 Å². The van der Waals surface area contributed by atoms with Gasteiger partial charge in [0.25, 0.3) is 0 Å². The molecule has 0 atom stereocenters. The number of pyridine rings is 1. The van der Waals surface area contributed by atoms with Crippen LogP contribution in [0.15, 0.2) is 41.9 Å². The Kier molecular flexibility index (Phi) is 2.70. The van der Waals surface area contributed by atoms with Gasteiger partial charge in [-0.1, -0.05) is 6.07 Å². The van der Waals surface area contributed by atoms with Gasteiger partial charge in [0, 0.05) is 19.3 Å². The predicted molar refractivity (Wildman–Crippen MR) is 80.8 cm³/mol. The van der Waals surface area contributed by atoms with Gasteiger partial charge in [-0.2, -0.15) is 0 Å². The number of fused-ring (bicyclic) bond motifs is 2. The molecule has 0 unspecified atom stereocenters. The van der Waals surface area contributed by atoms with Gasteiger partial charge in [0.05, 0.1) is 15.9 Å². The highest BCUT2D eigenvalue weighted by molar-refractivity contribution is 7.17. The lowest BCUT2D eigenvalue weighted by molar-refractivity contribution is 0.619. The highest BCUT2D eigenvalue weighted by atomic mass is 32.1. The van der Waals surface area contributed by atoms with E-state index in [0.717, 1.165) is 30.6 Å². The van der Waals surface area contributed by atoms with Crippen LogP contribution < -0.4 is 4.90 Å². The molecule has 0 amide bonds. The topological polar surface area (TPSA) is 16.1 Å². The maximum absolute atomic E-state index is 13.3. The van der Waals surface area contributed by atoms with Gasteiger partial charge in [0.1, 0.15) is 5.82 Å². The summed E-state index contributed by atoms with van der Waals surface area (Å²) in [6.07, 6.45) is 2.76. The monoisotopic (exact) mass is 284 g/mol. The molecule has 0 bridgehead atoms. The quantitative estimate of drug-likeness (QED) is 0.671. The van der Waals surface area contributed by atoms with Gasteiger partial charge in [-0.15, -0.1) is 11.3 Å². The number of thiophene rings is 1. The number of aromatic nitrogens is 1. The Bertz CT molecular complexity index is 781. The third-order valence-corrected chi connectivity index (χ3v) is 4.77. The molecule has 0 radical (unpaired) electrons. The van der Waals surface area contributed by atoms with Gasteiger partial charge < -0.3 is 4.90 Å². The first-order valence-electron chi connectivity index (χ1n) is 6.66.